The van der Waals surface area contributed by atoms with E-state index in [9.17, 15) is 4.79 Å². The molecule has 1 fully saturated rings. The second-order valence-electron chi connectivity index (χ2n) is 7.75. The Balaban J connectivity index is 1.40. The van der Waals surface area contributed by atoms with Crippen LogP contribution in [-0.2, 0) is 4.74 Å². The van der Waals surface area contributed by atoms with Gasteiger partial charge in [-0.15, -0.1) is 0 Å². The van der Waals surface area contributed by atoms with Crippen molar-refractivity contribution in [2.24, 2.45) is 0 Å². The number of benzene rings is 2. The quantitative estimate of drug-likeness (QED) is 0.404. The molecule has 9 nitrogen and oxygen atoms in total. The van der Waals surface area contributed by atoms with Crippen molar-refractivity contribution < 1.29 is 14.3 Å². The van der Waals surface area contributed by atoms with Crippen LogP contribution in [0.1, 0.15) is 10.4 Å². The van der Waals surface area contributed by atoms with Gasteiger partial charge in [0, 0.05) is 57.1 Å². The van der Waals surface area contributed by atoms with Crippen molar-refractivity contribution in [2.45, 2.75) is 0 Å². The minimum atomic E-state index is -0.0735. The highest BCUT2D eigenvalue weighted by atomic mass is 16.5. The van der Waals surface area contributed by atoms with Crippen molar-refractivity contribution in [1.29, 1.82) is 0 Å². The molecular weight excluding hydrogens is 420 g/mol. The van der Waals surface area contributed by atoms with Crippen LogP contribution < -0.4 is 20.7 Å². The number of nitrogens with zero attached hydrogens (tertiary/aromatic N) is 3. The Morgan fingerprint density at radius 3 is 2.85 bits per heavy atom. The first-order valence-corrected chi connectivity index (χ1v) is 11.2. The van der Waals surface area contributed by atoms with Gasteiger partial charge in [-0.05, 0) is 42.1 Å². The largest absolute Gasteiger partial charge is 0.439 e. The fourth-order valence-corrected chi connectivity index (χ4v) is 3.68. The molecule has 3 aromatic rings. The van der Waals surface area contributed by atoms with Gasteiger partial charge in [0.1, 0.15) is 5.75 Å². The molecule has 0 atom stereocenters. The van der Waals surface area contributed by atoms with E-state index < -0.39 is 0 Å². The molecule has 0 spiro atoms. The van der Waals surface area contributed by atoms with Crippen LogP contribution in [0.3, 0.4) is 0 Å². The van der Waals surface area contributed by atoms with E-state index in [4.69, 9.17) is 9.47 Å². The summed E-state index contributed by atoms with van der Waals surface area (Å²) < 4.78 is 11.3. The van der Waals surface area contributed by atoms with Crippen molar-refractivity contribution in [1.82, 2.24) is 25.5 Å². The maximum absolute atomic E-state index is 12.8. The molecule has 1 saturated heterocycles. The number of rotatable bonds is 10. The zero-order valence-electron chi connectivity index (χ0n) is 18.8. The average Bonchev–Trinajstić information content (AvgIpc) is 2.84. The van der Waals surface area contributed by atoms with Gasteiger partial charge in [-0.1, -0.05) is 12.1 Å². The normalized spacial score (nSPS) is 14.2. The third-order valence-electron chi connectivity index (χ3n) is 5.42. The summed E-state index contributed by atoms with van der Waals surface area (Å²) in [5, 5.41) is 11.0. The molecule has 0 bridgehead atoms. The number of fused-ring (bicyclic) bond motifs is 1. The Bertz CT molecular complexity index is 1070. The maximum Gasteiger partial charge on any atom is 0.251 e. The highest BCUT2D eigenvalue weighted by Crippen LogP contribution is 2.27. The fourth-order valence-electron chi connectivity index (χ4n) is 3.68. The minimum Gasteiger partial charge on any atom is -0.439 e. The van der Waals surface area contributed by atoms with Gasteiger partial charge in [-0.3, -0.25) is 9.69 Å². The number of hydrogen-bond donors (Lipinski definition) is 3. The van der Waals surface area contributed by atoms with Gasteiger partial charge in [-0.2, -0.15) is 4.98 Å². The van der Waals surface area contributed by atoms with E-state index in [0.29, 0.717) is 36.2 Å². The number of ether oxygens (including phenoxy) is 2. The Kier molecular flexibility index (Phi) is 8.02. The predicted molar refractivity (Wildman–Crippen MR) is 128 cm³/mol. The number of nitrogens with one attached hydrogen (secondary N) is 3. The molecule has 0 radical (unpaired) electrons. The molecule has 0 unspecified atom stereocenters. The molecule has 1 aliphatic rings. The van der Waals surface area contributed by atoms with E-state index in [2.05, 4.69) is 30.8 Å². The molecule has 174 valence electrons. The number of amides is 1. The number of likely N-dealkylation sites (N-methyl/N-ethyl adjacent to an activating group) is 1. The van der Waals surface area contributed by atoms with Gasteiger partial charge in [0.15, 0.2) is 0 Å². The molecule has 2 aromatic carbocycles. The van der Waals surface area contributed by atoms with Crippen LogP contribution in [0.15, 0.2) is 48.7 Å². The first kappa shape index (κ1) is 22.9. The van der Waals surface area contributed by atoms with Gasteiger partial charge >= 0.3 is 0 Å². The molecule has 2 heterocycles. The summed E-state index contributed by atoms with van der Waals surface area (Å²) in [5.41, 5.74) is 0.652. The van der Waals surface area contributed by atoms with Crippen LogP contribution in [0.2, 0.25) is 0 Å². The van der Waals surface area contributed by atoms with Crippen LogP contribution in [0.4, 0.5) is 5.95 Å². The summed E-state index contributed by atoms with van der Waals surface area (Å²) in [5.74, 6) is 1.54. The van der Waals surface area contributed by atoms with Gasteiger partial charge < -0.3 is 25.4 Å². The minimum absolute atomic E-state index is 0.0735. The summed E-state index contributed by atoms with van der Waals surface area (Å²) in [4.78, 5) is 23.7. The predicted octanol–water partition coefficient (Wildman–Crippen LogP) is 2.12. The lowest BCUT2D eigenvalue weighted by molar-refractivity contribution is 0.0383. The van der Waals surface area contributed by atoms with Gasteiger partial charge in [-0.25, -0.2) is 4.98 Å². The second kappa shape index (κ2) is 11.6. The van der Waals surface area contributed by atoms with Crippen LogP contribution in [0.5, 0.6) is 11.6 Å². The zero-order chi connectivity index (χ0) is 22.9. The van der Waals surface area contributed by atoms with Crippen LogP contribution >= 0.6 is 0 Å². The highest BCUT2D eigenvalue weighted by molar-refractivity contribution is 6.07. The van der Waals surface area contributed by atoms with Crippen LogP contribution in [-0.4, -0.2) is 80.3 Å². The number of carbonyl (C=O) groups excluding carboxylic acids is 1. The lowest BCUT2D eigenvalue weighted by atomic mass is 10.0. The monoisotopic (exact) mass is 450 g/mol. The summed E-state index contributed by atoms with van der Waals surface area (Å²) in [6.45, 7) is 6.28. The fraction of sp³-hybridized carbons (Fsp3) is 0.375. The molecule has 9 heteroatoms. The molecule has 1 aliphatic heterocycles. The summed E-state index contributed by atoms with van der Waals surface area (Å²) in [7, 11) is 1.89. The Morgan fingerprint density at radius 2 is 2.00 bits per heavy atom. The molecule has 0 aliphatic carbocycles. The van der Waals surface area contributed by atoms with Crippen molar-refractivity contribution in [3.8, 4) is 11.6 Å². The van der Waals surface area contributed by atoms with Crippen molar-refractivity contribution in [3.63, 3.8) is 0 Å². The van der Waals surface area contributed by atoms with Gasteiger partial charge in [0.05, 0.1) is 13.2 Å². The topological polar surface area (TPSA) is 101 Å². The number of morpholine rings is 1. The maximum atomic E-state index is 12.8. The Morgan fingerprint density at radius 1 is 1.12 bits per heavy atom. The molecule has 0 saturated carbocycles. The SMILES string of the molecule is CNCCNc1nccc(Oc2ccc3c(C(=O)NCCN4CCOCC4)cccc3c2)n1. The molecule has 1 aromatic heterocycles. The molecule has 1 amide bonds. The molecule has 33 heavy (non-hydrogen) atoms. The van der Waals surface area contributed by atoms with Crippen molar-refractivity contribution >= 4 is 22.6 Å². The van der Waals surface area contributed by atoms with E-state index in [1.807, 2.05) is 43.4 Å². The number of aromatic nitrogens is 2. The summed E-state index contributed by atoms with van der Waals surface area (Å²) in [6.07, 6.45) is 1.66. The Hall–Kier alpha value is -3.27. The lowest BCUT2D eigenvalue weighted by Gasteiger charge is -2.26. The number of carbonyl (C=O) groups is 1. The summed E-state index contributed by atoms with van der Waals surface area (Å²) >= 11 is 0. The highest BCUT2D eigenvalue weighted by Gasteiger charge is 2.13. The standard InChI is InChI=1S/C24H30N6O3/c1-25-9-10-28-24-27-8-7-22(29-24)33-19-5-6-20-18(17-19)3-2-4-21(20)23(31)26-11-12-30-13-15-32-16-14-30/h2-8,17,25H,9-16H2,1H3,(H,26,31)(H,27,28,29). The van der Waals surface area contributed by atoms with Gasteiger partial charge in [0.25, 0.3) is 5.91 Å². The number of anilines is 1. The Labute approximate surface area is 193 Å². The molecule has 4 rings (SSSR count). The lowest BCUT2D eigenvalue weighted by Crippen LogP contribution is -2.41. The first-order valence-electron chi connectivity index (χ1n) is 11.2. The third-order valence-corrected chi connectivity index (χ3v) is 5.42. The van der Waals surface area contributed by atoms with E-state index in [1.165, 1.54) is 0 Å². The zero-order valence-corrected chi connectivity index (χ0v) is 18.8. The van der Waals surface area contributed by atoms with Crippen molar-refractivity contribution in [3.05, 3.63) is 54.2 Å². The second-order valence-corrected chi connectivity index (χ2v) is 7.75. The van der Waals surface area contributed by atoms with E-state index in [1.54, 1.807) is 12.3 Å². The number of hydrogen-bond acceptors (Lipinski definition) is 8. The van der Waals surface area contributed by atoms with Crippen molar-refractivity contribution in [2.75, 3.05) is 64.8 Å². The molecule has 3 N–H and O–H groups in total. The van der Waals surface area contributed by atoms with E-state index in [-0.39, 0.29) is 5.91 Å². The average molecular weight is 451 g/mol. The van der Waals surface area contributed by atoms with E-state index >= 15 is 0 Å². The first-order chi connectivity index (χ1) is 16.2. The summed E-state index contributed by atoms with van der Waals surface area (Å²) in [6, 6.07) is 13.1. The smallest absolute Gasteiger partial charge is 0.251 e. The van der Waals surface area contributed by atoms with Crippen LogP contribution in [0.25, 0.3) is 10.8 Å². The van der Waals surface area contributed by atoms with Crippen LogP contribution in [0, 0.1) is 0 Å². The molecular formula is C24H30N6O3. The third kappa shape index (κ3) is 6.38. The van der Waals surface area contributed by atoms with Gasteiger partial charge in [0.2, 0.25) is 11.8 Å². The van der Waals surface area contributed by atoms with E-state index in [0.717, 1.165) is 50.2 Å².